The molecule has 0 saturated carbocycles. The summed E-state index contributed by atoms with van der Waals surface area (Å²) < 4.78 is 11.0. The first kappa shape index (κ1) is 21.4. The molecule has 3 heterocycles. The molecule has 0 radical (unpaired) electrons. The van der Waals surface area contributed by atoms with Gasteiger partial charge in [0.25, 0.3) is 0 Å². The van der Waals surface area contributed by atoms with E-state index in [9.17, 15) is 20.0 Å². The van der Waals surface area contributed by atoms with Crippen LogP contribution in [0.15, 0.2) is 42.5 Å². The number of nitrogens with zero attached hydrogens (tertiary/aromatic N) is 2. The molecule has 8 nitrogen and oxygen atoms in total. The molecular weight excluding hydrogens is 422 g/mol. The number of nitrogens with one attached hydrogen (secondary N) is 1. The molecule has 1 amide bonds. The summed E-state index contributed by atoms with van der Waals surface area (Å²) in [6, 6.07) is 14.8. The lowest BCUT2D eigenvalue weighted by Gasteiger charge is -2.38. The van der Waals surface area contributed by atoms with Crippen molar-refractivity contribution in [3.05, 3.63) is 59.2 Å². The number of ether oxygens (including phenoxy) is 2. The van der Waals surface area contributed by atoms with Gasteiger partial charge in [-0.25, -0.2) is 0 Å². The van der Waals surface area contributed by atoms with Gasteiger partial charge in [-0.3, -0.25) is 14.5 Å². The van der Waals surface area contributed by atoms with E-state index in [2.05, 4.69) is 16.3 Å². The van der Waals surface area contributed by atoms with Gasteiger partial charge in [0.05, 0.1) is 30.3 Å². The van der Waals surface area contributed by atoms with E-state index < -0.39 is 16.8 Å². The largest absolute Gasteiger partial charge is 0.492 e. The van der Waals surface area contributed by atoms with Crippen molar-refractivity contribution in [1.29, 1.82) is 5.26 Å². The summed E-state index contributed by atoms with van der Waals surface area (Å²) in [6.07, 6.45) is 1.41. The fourth-order valence-electron chi connectivity index (χ4n) is 5.02. The van der Waals surface area contributed by atoms with E-state index in [4.69, 9.17) is 9.47 Å². The van der Waals surface area contributed by atoms with Gasteiger partial charge in [0.15, 0.2) is 0 Å². The quantitative estimate of drug-likeness (QED) is 0.699. The number of rotatable bonds is 6. The number of hydrogen-bond donors (Lipinski definition) is 2. The van der Waals surface area contributed by atoms with Gasteiger partial charge in [-0.15, -0.1) is 0 Å². The number of aliphatic carboxylic acids is 1. The third-order valence-corrected chi connectivity index (χ3v) is 7.25. The highest BCUT2D eigenvalue weighted by atomic mass is 16.5. The van der Waals surface area contributed by atoms with Crippen LogP contribution < -0.4 is 10.1 Å². The van der Waals surface area contributed by atoms with Gasteiger partial charge >= 0.3 is 5.97 Å². The Bertz CT molecular complexity index is 1130. The molecule has 0 atom stereocenters. The van der Waals surface area contributed by atoms with Crippen LogP contribution in [0.5, 0.6) is 5.75 Å². The maximum absolute atomic E-state index is 12.8. The normalized spacial score (nSPS) is 20.4. The Kier molecular flexibility index (Phi) is 5.31. The predicted octanol–water partition coefficient (Wildman–Crippen LogP) is 2.28. The SMILES string of the molecule is N#Cc1ccc2c(c1)C1(CCN(CCOc3ccc(C4(C(=O)O)COC4)cc3)CC1)C(=O)N2. The van der Waals surface area contributed by atoms with E-state index >= 15 is 0 Å². The van der Waals surface area contributed by atoms with Gasteiger partial charge < -0.3 is 19.9 Å². The topological polar surface area (TPSA) is 112 Å². The molecule has 0 aromatic heterocycles. The van der Waals surface area contributed by atoms with Crippen molar-refractivity contribution in [2.45, 2.75) is 23.7 Å². The Labute approximate surface area is 191 Å². The standard InChI is InChI=1S/C25H25N3O5/c26-14-17-1-6-21-20(13-17)24(22(29)27-21)7-9-28(10-8-24)11-12-33-19-4-2-18(3-5-19)25(23(30)31)15-32-16-25/h1-6,13H,7-12,15-16H2,(H,27,29)(H,30,31). The van der Waals surface area contributed by atoms with Crippen LogP contribution in [0.1, 0.15) is 29.5 Å². The summed E-state index contributed by atoms with van der Waals surface area (Å²) >= 11 is 0. The molecule has 2 saturated heterocycles. The third kappa shape index (κ3) is 3.54. The van der Waals surface area contributed by atoms with Gasteiger partial charge in [0.2, 0.25) is 5.91 Å². The Morgan fingerprint density at radius 2 is 1.91 bits per heavy atom. The smallest absolute Gasteiger partial charge is 0.318 e. The van der Waals surface area contributed by atoms with Crippen LogP contribution in [0, 0.1) is 11.3 Å². The molecule has 2 fully saturated rings. The van der Waals surface area contributed by atoms with Crippen molar-refractivity contribution in [1.82, 2.24) is 4.90 Å². The molecular formula is C25H25N3O5. The van der Waals surface area contributed by atoms with Crippen molar-refractivity contribution in [3.63, 3.8) is 0 Å². The van der Waals surface area contributed by atoms with Crippen LogP contribution in [0.4, 0.5) is 5.69 Å². The Hall–Kier alpha value is -3.41. The van der Waals surface area contributed by atoms with Crippen molar-refractivity contribution in [3.8, 4) is 11.8 Å². The maximum atomic E-state index is 12.8. The van der Waals surface area contributed by atoms with Crippen LogP contribution in [-0.4, -0.2) is 61.3 Å². The number of piperidine rings is 1. The summed E-state index contributed by atoms with van der Waals surface area (Å²) in [7, 11) is 0. The highest BCUT2D eigenvalue weighted by molar-refractivity contribution is 6.06. The first-order chi connectivity index (χ1) is 16.0. The van der Waals surface area contributed by atoms with E-state index in [1.807, 2.05) is 12.1 Å². The number of carboxylic acids is 1. The zero-order valence-corrected chi connectivity index (χ0v) is 18.2. The summed E-state index contributed by atoms with van der Waals surface area (Å²) in [4.78, 5) is 26.7. The zero-order valence-electron chi connectivity index (χ0n) is 18.2. The molecule has 2 aromatic carbocycles. The number of carbonyl (C=O) groups excluding carboxylic acids is 1. The second-order valence-electron chi connectivity index (χ2n) is 9.00. The molecule has 0 bridgehead atoms. The van der Waals surface area contributed by atoms with Crippen LogP contribution in [0.25, 0.3) is 0 Å². The molecule has 170 valence electrons. The minimum atomic E-state index is -0.943. The van der Waals surface area contributed by atoms with Crippen LogP contribution in [0.2, 0.25) is 0 Å². The highest BCUT2D eigenvalue weighted by Gasteiger charge is 2.49. The number of benzene rings is 2. The van der Waals surface area contributed by atoms with E-state index in [1.54, 1.807) is 30.3 Å². The van der Waals surface area contributed by atoms with Crippen molar-refractivity contribution < 1.29 is 24.2 Å². The van der Waals surface area contributed by atoms with Gasteiger partial charge in [-0.2, -0.15) is 5.26 Å². The number of carboxylic acid groups (broad SMARTS) is 1. The molecule has 0 aliphatic carbocycles. The monoisotopic (exact) mass is 447 g/mol. The van der Waals surface area contributed by atoms with E-state index in [1.165, 1.54) is 0 Å². The number of amides is 1. The maximum Gasteiger partial charge on any atom is 0.318 e. The van der Waals surface area contributed by atoms with Crippen molar-refractivity contribution in [2.75, 3.05) is 44.8 Å². The average molecular weight is 447 g/mol. The third-order valence-electron chi connectivity index (χ3n) is 7.25. The van der Waals surface area contributed by atoms with Gasteiger partial charge in [-0.05, 0) is 67.4 Å². The van der Waals surface area contributed by atoms with Crippen LogP contribution in [0.3, 0.4) is 0 Å². The molecule has 1 spiro atoms. The summed E-state index contributed by atoms with van der Waals surface area (Å²) in [6.45, 7) is 3.16. The first-order valence-corrected chi connectivity index (χ1v) is 11.1. The summed E-state index contributed by atoms with van der Waals surface area (Å²) in [5.74, 6) is -0.145. The summed E-state index contributed by atoms with van der Waals surface area (Å²) in [5.41, 5.74) is 1.56. The molecule has 3 aliphatic heterocycles. The van der Waals surface area contributed by atoms with Crippen LogP contribution >= 0.6 is 0 Å². The number of hydrogen-bond acceptors (Lipinski definition) is 6. The van der Waals surface area contributed by atoms with E-state index in [0.29, 0.717) is 30.8 Å². The van der Waals surface area contributed by atoms with E-state index in [-0.39, 0.29) is 19.1 Å². The molecule has 2 aromatic rings. The predicted molar refractivity (Wildman–Crippen MR) is 119 cm³/mol. The lowest BCUT2D eigenvalue weighted by molar-refractivity contribution is -0.163. The molecule has 0 unspecified atom stereocenters. The number of nitriles is 1. The van der Waals surface area contributed by atoms with Crippen LogP contribution in [-0.2, 0) is 25.2 Å². The minimum absolute atomic E-state index is 0.0274. The van der Waals surface area contributed by atoms with Crippen molar-refractivity contribution >= 4 is 17.6 Å². The van der Waals surface area contributed by atoms with Crippen molar-refractivity contribution in [2.24, 2.45) is 0 Å². The Balaban J connectivity index is 1.15. The Morgan fingerprint density at radius 3 is 2.52 bits per heavy atom. The highest BCUT2D eigenvalue weighted by Crippen LogP contribution is 2.45. The number of fused-ring (bicyclic) bond motifs is 2. The van der Waals surface area contributed by atoms with E-state index in [0.717, 1.165) is 36.4 Å². The lowest BCUT2D eigenvalue weighted by atomic mass is 9.73. The van der Waals surface area contributed by atoms with Gasteiger partial charge in [0.1, 0.15) is 17.8 Å². The molecule has 2 N–H and O–H groups in total. The Morgan fingerprint density at radius 1 is 1.18 bits per heavy atom. The second-order valence-corrected chi connectivity index (χ2v) is 9.00. The van der Waals surface area contributed by atoms with Gasteiger partial charge in [0, 0.05) is 12.2 Å². The number of likely N-dealkylation sites (tertiary alicyclic amines) is 1. The zero-order chi connectivity index (χ0) is 23.1. The lowest BCUT2D eigenvalue weighted by Crippen LogP contribution is -2.53. The minimum Gasteiger partial charge on any atom is -0.492 e. The van der Waals surface area contributed by atoms with Gasteiger partial charge in [-0.1, -0.05) is 12.1 Å². The molecule has 5 rings (SSSR count). The molecule has 3 aliphatic rings. The number of carbonyl (C=O) groups is 2. The average Bonchev–Trinajstić information content (AvgIpc) is 3.05. The summed E-state index contributed by atoms with van der Waals surface area (Å²) in [5, 5.41) is 21.7. The fraction of sp³-hybridized carbons (Fsp3) is 0.400. The molecule has 8 heteroatoms. The number of anilines is 1. The molecule has 33 heavy (non-hydrogen) atoms. The second kappa shape index (κ2) is 8.18. The first-order valence-electron chi connectivity index (χ1n) is 11.1. The fourth-order valence-corrected chi connectivity index (χ4v) is 5.02.